The quantitative estimate of drug-likeness (QED) is 0.305. The lowest BCUT2D eigenvalue weighted by molar-refractivity contribution is -0.384. The van der Waals surface area contributed by atoms with Gasteiger partial charge in [-0.05, 0) is 30.7 Å². The van der Waals surface area contributed by atoms with Gasteiger partial charge in [0.25, 0.3) is 5.69 Å². The lowest BCUT2D eigenvalue weighted by Crippen LogP contribution is -2.57. The molecule has 8 heteroatoms. The van der Waals surface area contributed by atoms with Crippen LogP contribution in [-0.4, -0.2) is 35.7 Å². The molecule has 1 heterocycles. The number of nitrogens with two attached hydrogens (primary N) is 1. The summed E-state index contributed by atoms with van der Waals surface area (Å²) in [6.45, 7) is 1.29. The maximum atomic E-state index is 12.2. The summed E-state index contributed by atoms with van der Waals surface area (Å²) in [4.78, 5) is 22.3. The number of nitro groups is 1. The summed E-state index contributed by atoms with van der Waals surface area (Å²) >= 11 is 0. The molecule has 4 N–H and O–H groups in total. The minimum Gasteiger partial charge on any atom is -0.459 e. The molecule has 0 radical (unpaired) electrons. The summed E-state index contributed by atoms with van der Waals surface area (Å²) in [7, 11) is 0. The van der Waals surface area contributed by atoms with Crippen molar-refractivity contribution in [2.45, 2.75) is 18.6 Å². The molecule has 1 aromatic carbocycles. The van der Waals surface area contributed by atoms with Gasteiger partial charge in [0, 0.05) is 30.8 Å². The largest absolute Gasteiger partial charge is 0.459 e. The fourth-order valence-corrected chi connectivity index (χ4v) is 2.39. The van der Waals surface area contributed by atoms with Crippen LogP contribution in [0.25, 0.3) is 0 Å². The molecule has 8 nitrogen and oxygen atoms in total. The van der Waals surface area contributed by atoms with Crippen molar-refractivity contribution >= 4 is 17.9 Å². The van der Waals surface area contributed by atoms with Crippen LogP contribution >= 0.6 is 0 Å². The Bertz CT molecular complexity index is 569. The minimum absolute atomic E-state index is 0.0280. The molecule has 118 valence electrons. The number of nitrogens with one attached hydrogen (secondary N) is 2. The number of carbonyl (C=O) groups excluding carboxylic acids is 1. The highest BCUT2D eigenvalue weighted by atomic mass is 16.6. The SMILES string of the molecule is N=CC(N)(C(=O)OCc1ccc([N+](=O)[O-])cc1)[C@H]1CCNC1. The van der Waals surface area contributed by atoms with Crippen molar-refractivity contribution in [2.24, 2.45) is 11.7 Å². The summed E-state index contributed by atoms with van der Waals surface area (Å²) in [6.07, 6.45) is 1.64. The van der Waals surface area contributed by atoms with Crippen LogP contribution in [-0.2, 0) is 16.1 Å². The maximum Gasteiger partial charge on any atom is 0.332 e. The van der Waals surface area contributed by atoms with Crippen LogP contribution in [0, 0.1) is 21.4 Å². The third kappa shape index (κ3) is 3.29. The van der Waals surface area contributed by atoms with E-state index in [4.69, 9.17) is 15.9 Å². The van der Waals surface area contributed by atoms with Crippen molar-refractivity contribution in [3.8, 4) is 0 Å². The minimum atomic E-state index is -1.44. The van der Waals surface area contributed by atoms with Crippen molar-refractivity contribution < 1.29 is 14.5 Å². The Morgan fingerprint density at radius 1 is 1.55 bits per heavy atom. The van der Waals surface area contributed by atoms with Crippen molar-refractivity contribution in [3.05, 3.63) is 39.9 Å². The number of rotatable bonds is 6. The number of carbonyl (C=O) groups is 1. The topological polar surface area (TPSA) is 131 Å². The second-order valence-corrected chi connectivity index (χ2v) is 5.27. The highest BCUT2D eigenvalue weighted by Crippen LogP contribution is 2.22. The molecule has 22 heavy (non-hydrogen) atoms. The maximum absolute atomic E-state index is 12.2. The van der Waals surface area contributed by atoms with E-state index < -0.39 is 16.4 Å². The fraction of sp³-hybridized carbons (Fsp3) is 0.429. The number of esters is 1. The highest BCUT2D eigenvalue weighted by molar-refractivity contribution is 5.99. The molecule has 2 rings (SSSR count). The van der Waals surface area contributed by atoms with Crippen molar-refractivity contribution in [2.75, 3.05) is 13.1 Å². The Morgan fingerprint density at radius 3 is 2.73 bits per heavy atom. The highest BCUT2D eigenvalue weighted by Gasteiger charge is 2.43. The lowest BCUT2D eigenvalue weighted by atomic mass is 9.85. The molecule has 1 fully saturated rings. The molecule has 0 aliphatic carbocycles. The lowest BCUT2D eigenvalue weighted by Gasteiger charge is -2.28. The van der Waals surface area contributed by atoms with Gasteiger partial charge < -0.3 is 21.2 Å². The average Bonchev–Trinajstić information content (AvgIpc) is 3.07. The molecule has 0 bridgehead atoms. The molecule has 0 saturated carbocycles. The van der Waals surface area contributed by atoms with Gasteiger partial charge in [-0.1, -0.05) is 0 Å². The first-order valence-electron chi connectivity index (χ1n) is 6.89. The van der Waals surface area contributed by atoms with Gasteiger partial charge in [0.2, 0.25) is 0 Å². The normalized spacial score (nSPS) is 20.1. The van der Waals surface area contributed by atoms with E-state index in [1.807, 2.05) is 0 Å². The average molecular weight is 306 g/mol. The number of hydrogen-bond donors (Lipinski definition) is 3. The smallest absolute Gasteiger partial charge is 0.332 e. The van der Waals surface area contributed by atoms with Crippen LogP contribution in [0.15, 0.2) is 24.3 Å². The Kier molecular flexibility index (Phi) is 4.84. The first-order valence-corrected chi connectivity index (χ1v) is 6.89. The van der Waals surface area contributed by atoms with E-state index in [0.717, 1.165) is 12.8 Å². The second-order valence-electron chi connectivity index (χ2n) is 5.27. The Labute approximate surface area is 127 Å². The molecule has 0 spiro atoms. The number of non-ortho nitro benzene ring substituents is 1. The van der Waals surface area contributed by atoms with E-state index in [0.29, 0.717) is 18.5 Å². The van der Waals surface area contributed by atoms with Crippen LogP contribution < -0.4 is 11.1 Å². The summed E-state index contributed by atoms with van der Waals surface area (Å²) in [5.41, 5.74) is 5.18. The molecule has 1 aliphatic rings. The van der Waals surface area contributed by atoms with E-state index in [9.17, 15) is 14.9 Å². The van der Waals surface area contributed by atoms with Gasteiger partial charge in [-0.15, -0.1) is 0 Å². The van der Waals surface area contributed by atoms with Gasteiger partial charge in [0.05, 0.1) is 4.92 Å². The number of ether oxygens (including phenoxy) is 1. The summed E-state index contributed by atoms with van der Waals surface area (Å²) < 4.78 is 5.18. The Balaban J connectivity index is 1.98. The van der Waals surface area contributed by atoms with Crippen LogP contribution in [0.4, 0.5) is 5.69 Å². The van der Waals surface area contributed by atoms with E-state index in [2.05, 4.69) is 5.32 Å². The second kappa shape index (κ2) is 6.63. The zero-order chi connectivity index (χ0) is 16.2. The van der Waals surface area contributed by atoms with E-state index in [-0.39, 0.29) is 18.2 Å². The fourth-order valence-electron chi connectivity index (χ4n) is 2.39. The van der Waals surface area contributed by atoms with Gasteiger partial charge in [-0.3, -0.25) is 10.1 Å². The van der Waals surface area contributed by atoms with E-state index >= 15 is 0 Å². The summed E-state index contributed by atoms with van der Waals surface area (Å²) in [6, 6.07) is 5.73. The van der Waals surface area contributed by atoms with Gasteiger partial charge in [-0.25, -0.2) is 4.79 Å². The molecule has 1 saturated heterocycles. The van der Waals surface area contributed by atoms with Gasteiger partial charge in [0.1, 0.15) is 6.61 Å². The zero-order valence-electron chi connectivity index (χ0n) is 12.0. The van der Waals surface area contributed by atoms with Gasteiger partial charge in [-0.2, -0.15) is 0 Å². The Hall–Kier alpha value is -2.32. The van der Waals surface area contributed by atoms with Gasteiger partial charge in [0.15, 0.2) is 5.54 Å². The number of nitrogens with zero attached hydrogens (tertiary/aromatic N) is 1. The predicted molar refractivity (Wildman–Crippen MR) is 79.6 cm³/mol. The standard InChI is InChI=1S/C14H18N4O4/c15-9-14(16,11-5-6-17-7-11)13(19)22-8-10-1-3-12(4-2-10)18(20)21/h1-4,9,11,15,17H,5-8,16H2/t11-,14?/m0/s1. The molecule has 1 aromatic rings. The zero-order valence-corrected chi connectivity index (χ0v) is 12.0. The van der Waals surface area contributed by atoms with Gasteiger partial charge >= 0.3 is 5.97 Å². The molecular weight excluding hydrogens is 288 g/mol. The molecule has 1 unspecified atom stereocenters. The summed E-state index contributed by atoms with van der Waals surface area (Å²) in [5.74, 6) is -0.830. The van der Waals surface area contributed by atoms with Crippen molar-refractivity contribution in [3.63, 3.8) is 0 Å². The molecule has 1 aliphatic heterocycles. The third-order valence-corrected chi connectivity index (χ3v) is 3.85. The Morgan fingerprint density at radius 2 is 2.23 bits per heavy atom. The van der Waals surface area contributed by atoms with Crippen LogP contribution in [0.2, 0.25) is 0 Å². The van der Waals surface area contributed by atoms with E-state index in [1.165, 1.54) is 24.3 Å². The molecule has 0 aromatic heterocycles. The molecule has 2 atom stereocenters. The predicted octanol–water partition coefficient (Wildman–Crippen LogP) is 0.595. The number of nitro benzene ring substituents is 1. The summed E-state index contributed by atoms with van der Waals surface area (Å²) in [5, 5.41) is 21.1. The van der Waals surface area contributed by atoms with E-state index in [1.54, 1.807) is 0 Å². The van der Waals surface area contributed by atoms with Crippen LogP contribution in [0.5, 0.6) is 0 Å². The molecule has 0 amide bonds. The monoisotopic (exact) mass is 306 g/mol. The first-order chi connectivity index (χ1) is 10.5. The van der Waals surface area contributed by atoms with Crippen molar-refractivity contribution in [1.82, 2.24) is 5.32 Å². The van der Waals surface area contributed by atoms with Crippen LogP contribution in [0.3, 0.4) is 0 Å². The number of hydrogen-bond acceptors (Lipinski definition) is 7. The molecular formula is C14H18N4O4. The van der Waals surface area contributed by atoms with Crippen molar-refractivity contribution in [1.29, 1.82) is 5.41 Å². The first kappa shape index (κ1) is 16.1. The third-order valence-electron chi connectivity index (χ3n) is 3.85. The van der Waals surface area contributed by atoms with Crippen LogP contribution in [0.1, 0.15) is 12.0 Å². The number of benzene rings is 1.